The highest BCUT2D eigenvalue weighted by molar-refractivity contribution is 7.99. The molecule has 1 atom stereocenters. The monoisotopic (exact) mass is 326 g/mol. The first-order valence-electron chi connectivity index (χ1n) is 7.57. The van der Waals surface area contributed by atoms with Crippen LogP contribution in [0.3, 0.4) is 0 Å². The molecule has 116 valence electrons. The van der Waals surface area contributed by atoms with Crippen LogP contribution in [-0.4, -0.2) is 47.8 Å². The number of rotatable bonds is 3. The maximum Gasteiger partial charge on any atom is 0.320 e. The minimum absolute atomic E-state index is 0.167. The molecule has 1 aliphatic rings. The van der Waals surface area contributed by atoms with Crippen LogP contribution in [0.25, 0.3) is 0 Å². The van der Waals surface area contributed by atoms with Crippen molar-refractivity contribution >= 4 is 29.4 Å². The zero-order chi connectivity index (χ0) is 15.2. The molecular weight excluding hydrogens is 304 g/mol. The van der Waals surface area contributed by atoms with Crippen molar-refractivity contribution in [3.05, 3.63) is 34.9 Å². The number of benzene rings is 1. The Labute approximate surface area is 136 Å². The molecule has 0 radical (unpaired) electrons. The fraction of sp³-hybridized carbons (Fsp3) is 0.562. The Morgan fingerprint density at radius 1 is 1.33 bits per heavy atom. The third-order valence-corrected chi connectivity index (χ3v) is 5.55. The van der Waals surface area contributed by atoms with Gasteiger partial charge in [0.2, 0.25) is 0 Å². The molecule has 5 heteroatoms. The highest BCUT2D eigenvalue weighted by Gasteiger charge is 2.25. The number of carbonyl (C=O) groups excluding carboxylic acids is 1. The van der Waals surface area contributed by atoms with Gasteiger partial charge in [0.25, 0.3) is 0 Å². The van der Waals surface area contributed by atoms with Crippen molar-refractivity contribution in [3.8, 4) is 0 Å². The summed E-state index contributed by atoms with van der Waals surface area (Å²) in [6.07, 6.45) is 0.960. The van der Waals surface area contributed by atoms with E-state index in [1.54, 1.807) is 0 Å². The van der Waals surface area contributed by atoms with Crippen LogP contribution < -0.4 is 0 Å². The summed E-state index contributed by atoms with van der Waals surface area (Å²) < 4.78 is 0. The van der Waals surface area contributed by atoms with E-state index in [2.05, 4.69) is 6.07 Å². The number of nitrogens with zero attached hydrogens (tertiary/aromatic N) is 2. The number of thioether (sulfide) groups is 1. The Morgan fingerprint density at radius 2 is 2.05 bits per heavy atom. The molecule has 1 saturated heterocycles. The standard InChI is InChI=1S/C16H23ClN2OS/c1-3-18(4-2)16(20)19-10-9-15(21-12-11-19)13-7-5-6-8-14(13)17/h5-8,15H,3-4,9-12H2,1-2H3. The SMILES string of the molecule is CCN(CC)C(=O)N1CCSC(c2ccccc2Cl)CC1. The molecule has 0 bridgehead atoms. The highest BCUT2D eigenvalue weighted by Crippen LogP contribution is 2.37. The van der Waals surface area contributed by atoms with Crippen LogP contribution in [0.15, 0.2) is 24.3 Å². The lowest BCUT2D eigenvalue weighted by molar-refractivity contribution is 0.160. The first-order valence-corrected chi connectivity index (χ1v) is 8.99. The summed E-state index contributed by atoms with van der Waals surface area (Å²) in [6.45, 7) is 7.22. The summed E-state index contributed by atoms with van der Waals surface area (Å²) >= 11 is 8.21. The second-order valence-electron chi connectivity index (χ2n) is 5.11. The Hall–Kier alpha value is -0.870. The van der Waals surface area contributed by atoms with Crippen LogP contribution in [0.5, 0.6) is 0 Å². The van der Waals surface area contributed by atoms with Gasteiger partial charge in [0.05, 0.1) is 0 Å². The first-order chi connectivity index (χ1) is 10.2. The van der Waals surface area contributed by atoms with E-state index in [0.29, 0.717) is 5.25 Å². The Balaban J connectivity index is 2.02. The van der Waals surface area contributed by atoms with E-state index in [9.17, 15) is 4.79 Å². The molecule has 0 saturated carbocycles. The molecule has 0 N–H and O–H groups in total. The fourth-order valence-corrected chi connectivity index (χ4v) is 4.24. The summed E-state index contributed by atoms with van der Waals surface area (Å²) in [6, 6.07) is 8.21. The molecule has 1 aromatic carbocycles. The molecule has 0 aliphatic carbocycles. The van der Waals surface area contributed by atoms with Crippen molar-refractivity contribution in [2.75, 3.05) is 31.9 Å². The average Bonchev–Trinajstić information content (AvgIpc) is 2.75. The smallest absolute Gasteiger partial charge is 0.320 e. The van der Waals surface area contributed by atoms with Crippen molar-refractivity contribution in [2.24, 2.45) is 0 Å². The summed E-state index contributed by atoms with van der Waals surface area (Å²) in [5, 5.41) is 1.21. The lowest BCUT2D eigenvalue weighted by atomic mass is 10.1. The van der Waals surface area contributed by atoms with E-state index in [4.69, 9.17) is 11.6 Å². The minimum atomic E-state index is 0.167. The zero-order valence-corrected chi connectivity index (χ0v) is 14.3. The van der Waals surface area contributed by atoms with E-state index in [1.165, 1.54) is 5.56 Å². The second kappa shape index (κ2) is 7.95. The number of halogens is 1. The van der Waals surface area contributed by atoms with Gasteiger partial charge < -0.3 is 9.80 Å². The van der Waals surface area contributed by atoms with Crippen molar-refractivity contribution in [3.63, 3.8) is 0 Å². The number of urea groups is 1. The van der Waals surface area contributed by atoms with Gasteiger partial charge in [0.15, 0.2) is 0 Å². The van der Waals surface area contributed by atoms with Gasteiger partial charge in [-0.3, -0.25) is 0 Å². The summed E-state index contributed by atoms with van der Waals surface area (Å²) in [5.74, 6) is 0.961. The Kier molecular flexibility index (Phi) is 6.24. The molecule has 1 aromatic rings. The van der Waals surface area contributed by atoms with Crippen LogP contribution >= 0.6 is 23.4 Å². The van der Waals surface area contributed by atoms with Crippen molar-refractivity contribution < 1.29 is 4.79 Å². The minimum Gasteiger partial charge on any atom is -0.325 e. The quantitative estimate of drug-likeness (QED) is 0.827. The van der Waals surface area contributed by atoms with E-state index >= 15 is 0 Å². The maximum absolute atomic E-state index is 12.4. The predicted octanol–water partition coefficient (Wildman–Crippen LogP) is 4.28. The summed E-state index contributed by atoms with van der Waals surface area (Å²) in [4.78, 5) is 16.3. The number of carbonyl (C=O) groups is 1. The third-order valence-electron chi connectivity index (χ3n) is 3.90. The zero-order valence-electron chi connectivity index (χ0n) is 12.7. The molecule has 1 fully saturated rings. The molecule has 2 amide bonds. The van der Waals surface area contributed by atoms with Crippen LogP contribution in [0, 0.1) is 0 Å². The van der Waals surface area contributed by atoms with Gasteiger partial charge in [0, 0.05) is 42.2 Å². The van der Waals surface area contributed by atoms with E-state index in [0.717, 1.165) is 43.4 Å². The second-order valence-corrected chi connectivity index (χ2v) is 6.83. The third kappa shape index (κ3) is 4.07. The molecule has 1 heterocycles. The molecule has 3 nitrogen and oxygen atoms in total. The number of hydrogen-bond acceptors (Lipinski definition) is 2. The van der Waals surface area contributed by atoms with Gasteiger partial charge in [0.1, 0.15) is 0 Å². The molecule has 0 aromatic heterocycles. The average molecular weight is 327 g/mol. The Morgan fingerprint density at radius 3 is 2.71 bits per heavy atom. The maximum atomic E-state index is 12.4. The van der Waals surface area contributed by atoms with E-state index < -0.39 is 0 Å². The topological polar surface area (TPSA) is 23.6 Å². The lowest BCUT2D eigenvalue weighted by Crippen LogP contribution is -2.44. The molecule has 1 unspecified atom stereocenters. The van der Waals surface area contributed by atoms with Crippen LogP contribution in [0.4, 0.5) is 4.79 Å². The normalized spacial score (nSPS) is 19.2. The fourth-order valence-electron chi connectivity index (χ4n) is 2.64. The molecule has 21 heavy (non-hydrogen) atoms. The van der Waals surface area contributed by atoms with Gasteiger partial charge in [-0.25, -0.2) is 4.79 Å². The van der Waals surface area contributed by atoms with Gasteiger partial charge in [-0.15, -0.1) is 0 Å². The first kappa shape index (κ1) is 16.5. The highest BCUT2D eigenvalue weighted by atomic mass is 35.5. The number of hydrogen-bond donors (Lipinski definition) is 0. The van der Waals surface area contributed by atoms with Gasteiger partial charge in [-0.05, 0) is 31.9 Å². The van der Waals surface area contributed by atoms with Gasteiger partial charge in [-0.1, -0.05) is 29.8 Å². The molecular formula is C16H23ClN2OS. The molecule has 0 spiro atoms. The predicted molar refractivity (Wildman–Crippen MR) is 91.2 cm³/mol. The molecule has 2 rings (SSSR count). The van der Waals surface area contributed by atoms with Crippen molar-refractivity contribution in [1.29, 1.82) is 0 Å². The number of amides is 2. The summed E-state index contributed by atoms with van der Waals surface area (Å²) in [5.41, 5.74) is 1.20. The largest absolute Gasteiger partial charge is 0.325 e. The van der Waals surface area contributed by atoms with Crippen LogP contribution in [0.2, 0.25) is 5.02 Å². The van der Waals surface area contributed by atoms with Gasteiger partial charge in [-0.2, -0.15) is 11.8 Å². The molecule has 1 aliphatic heterocycles. The van der Waals surface area contributed by atoms with Crippen molar-refractivity contribution in [1.82, 2.24) is 9.80 Å². The van der Waals surface area contributed by atoms with Crippen LogP contribution in [-0.2, 0) is 0 Å². The van der Waals surface area contributed by atoms with E-state index in [1.807, 2.05) is 53.6 Å². The Bertz CT molecular complexity index is 479. The van der Waals surface area contributed by atoms with Crippen molar-refractivity contribution in [2.45, 2.75) is 25.5 Å². The van der Waals surface area contributed by atoms with Crippen LogP contribution in [0.1, 0.15) is 31.1 Å². The van der Waals surface area contributed by atoms with Gasteiger partial charge >= 0.3 is 6.03 Å². The lowest BCUT2D eigenvalue weighted by Gasteiger charge is -2.28. The summed E-state index contributed by atoms with van der Waals surface area (Å²) in [7, 11) is 0. The van der Waals surface area contributed by atoms with E-state index in [-0.39, 0.29) is 6.03 Å².